The molecule has 1 nitrogen and oxygen atoms in total. The second-order valence-corrected chi connectivity index (χ2v) is 7.72. The molecule has 2 aliphatic rings. The van der Waals surface area contributed by atoms with Gasteiger partial charge in [0.05, 0.1) is 0 Å². The molecule has 2 fully saturated rings. The highest BCUT2D eigenvalue weighted by molar-refractivity contribution is 5.23. The first-order valence-electron chi connectivity index (χ1n) is 7.97. The van der Waals surface area contributed by atoms with Crippen LogP contribution in [0.4, 0.5) is 8.78 Å². The van der Waals surface area contributed by atoms with Crippen LogP contribution in [0, 0.1) is 28.4 Å². The molecular formula is C18H25F2N. The summed E-state index contributed by atoms with van der Waals surface area (Å²) in [4.78, 5) is 0. The predicted octanol–water partition coefficient (Wildman–Crippen LogP) is 4.83. The highest BCUT2D eigenvalue weighted by Gasteiger charge is 2.61. The van der Waals surface area contributed by atoms with Crippen molar-refractivity contribution < 1.29 is 8.78 Å². The molecular weight excluding hydrogens is 268 g/mol. The molecule has 0 aromatic heterocycles. The van der Waals surface area contributed by atoms with Crippen molar-refractivity contribution in [1.82, 2.24) is 5.32 Å². The second kappa shape index (κ2) is 4.77. The molecule has 1 aromatic rings. The third-order valence-electron chi connectivity index (χ3n) is 6.67. The smallest absolute Gasteiger partial charge is 0.128 e. The van der Waals surface area contributed by atoms with Gasteiger partial charge in [0.15, 0.2) is 0 Å². The normalized spacial score (nSPS) is 35.1. The van der Waals surface area contributed by atoms with Gasteiger partial charge in [-0.2, -0.15) is 0 Å². The number of hydrogen-bond acceptors (Lipinski definition) is 1. The van der Waals surface area contributed by atoms with E-state index in [1.54, 1.807) is 0 Å². The summed E-state index contributed by atoms with van der Waals surface area (Å²) in [5.41, 5.74) is 1.000. The van der Waals surface area contributed by atoms with Crippen LogP contribution in [0.3, 0.4) is 0 Å². The van der Waals surface area contributed by atoms with Crippen LogP contribution in [-0.4, -0.2) is 6.04 Å². The van der Waals surface area contributed by atoms with Gasteiger partial charge >= 0.3 is 0 Å². The summed E-state index contributed by atoms with van der Waals surface area (Å²) in [5, 5.41) is 3.58. The Hall–Kier alpha value is -0.960. The molecule has 4 atom stereocenters. The third-order valence-corrected chi connectivity index (χ3v) is 6.67. The SMILES string of the molecule is CC(NC1CC2CCC1(C)C2(C)C)c1cc(F)ccc1F. The fraction of sp³-hybridized carbons (Fsp3) is 0.667. The van der Waals surface area contributed by atoms with Crippen molar-refractivity contribution in [2.45, 2.75) is 59.0 Å². The van der Waals surface area contributed by atoms with E-state index in [2.05, 4.69) is 26.1 Å². The zero-order chi connectivity index (χ0) is 15.4. The Morgan fingerprint density at radius 2 is 1.95 bits per heavy atom. The number of halogens is 2. The minimum atomic E-state index is -0.375. The van der Waals surface area contributed by atoms with Crippen LogP contribution < -0.4 is 5.32 Å². The zero-order valence-corrected chi connectivity index (χ0v) is 13.3. The summed E-state index contributed by atoms with van der Waals surface area (Å²) < 4.78 is 27.3. The van der Waals surface area contributed by atoms with Crippen molar-refractivity contribution in [3.63, 3.8) is 0 Å². The van der Waals surface area contributed by atoms with Gasteiger partial charge in [0.2, 0.25) is 0 Å². The van der Waals surface area contributed by atoms with Crippen LogP contribution in [0.1, 0.15) is 58.6 Å². The van der Waals surface area contributed by atoms with Gasteiger partial charge in [-0.25, -0.2) is 8.78 Å². The van der Waals surface area contributed by atoms with Crippen LogP contribution in [0.5, 0.6) is 0 Å². The van der Waals surface area contributed by atoms with E-state index < -0.39 is 0 Å². The Bertz CT molecular complexity index is 554. The van der Waals surface area contributed by atoms with E-state index in [4.69, 9.17) is 0 Å². The van der Waals surface area contributed by atoms with E-state index in [1.807, 2.05) is 6.92 Å². The van der Waals surface area contributed by atoms with Gasteiger partial charge in [-0.1, -0.05) is 20.8 Å². The van der Waals surface area contributed by atoms with Crippen molar-refractivity contribution >= 4 is 0 Å². The van der Waals surface area contributed by atoms with Crippen LogP contribution in [0.2, 0.25) is 0 Å². The largest absolute Gasteiger partial charge is 0.307 e. The average molecular weight is 293 g/mol. The van der Waals surface area contributed by atoms with Crippen molar-refractivity contribution in [1.29, 1.82) is 0 Å². The van der Waals surface area contributed by atoms with E-state index in [-0.39, 0.29) is 23.1 Å². The molecule has 116 valence electrons. The molecule has 0 radical (unpaired) electrons. The first-order chi connectivity index (χ1) is 9.75. The standard InChI is InChI=1S/C18H25F2N/c1-11(14-10-13(19)5-6-15(14)20)21-16-9-12-7-8-18(16,4)17(12,2)3/h5-6,10-12,16,21H,7-9H2,1-4H3. The Kier molecular flexibility index (Phi) is 3.40. The molecule has 0 heterocycles. The first-order valence-corrected chi connectivity index (χ1v) is 7.97. The van der Waals surface area contributed by atoms with Gasteiger partial charge in [-0.15, -0.1) is 0 Å². The van der Waals surface area contributed by atoms with Crippen LogP contribution >= 0.6 is 0 Å². The third kappa shape index (κ3) is 2.12. The molecule has 1 aromatic carbocycles. The van der Waals surface area contributed by atoms with Gasteiger partial charge in [-0.3, -0.25) is 0 Å². The maximum atomic E-state index is 13.9. The summed E-state index contributed by atoms with van der Waals surface area (Å²) in [7, 11) is 0. The summed E-state index contributed by atoms with van der Waals surface area (Å²) >= 11 is 0. The second-order valence-electron chi connectivity index (χ2n) is 7.72. The van der Waals surface area contributed by atoms with Crippen LogP contribution in [0.25, 0.3) is 0 Å². The molecule has 2 bridgehead atoms. The zero-order valence-electron chi connectivity index (χ0n) is 13.3. The first kappa shape index (κ1) is 15.0. The molecule has 21 heavy (non-hydrogen) atoms. The van der Waals surface area contributed by atoms with Crippen LogP contribution in [-0.2, 0) is 0 Å². The topological polar surface area (TPSA) is 12.0 Å². The molecule has 0 spiro atoms. The van der Waals surface area contributed by atoms with Crippen molar-refractivity contribution in [3.8, 4) is 0 Å². The Morgan fingerprint density at radius 3 is 2.52 bits per heavy atom. The fourth-order valence-corrected chi connectivity index (χ4v) is 4.69. The summed E-state index contributed by atoms with van der Waals surface area (Å²) in [5.74, 6) is 0.0352. The minimum Gasteiger partial charge on any atom is -0.307 e. The monoisotopic (exact) mass is 293 g/mol. The number of nitrogens with one attached hydrogen (secondary N) is 1. The Labute approximate surface area is 126 Å². The lowest BCUT2D eigenvalue weighted by molar-refractivity contribution is 0.116. The summed E-state index contributed by atoms with van der Waals surface area (Å²) in [6, 6.07) is 3.91. The predicted molar refractivity (Wildman–Crippen MR) is 80.9 cm³/mol. The number of rotatable bonds is 3. The lowest BCUT2D eigenvalue weighted by Gasteiger charge is -2.40. The molecule has 0 amide bonds. The van der Waals surface area contributed by atoms with Gasteiger partial charge in [0, 0.05) is 17.6 Å². The van der Waals surface area contributed by atoms with Gasteiger partial charge in [-0.05, 0) is 61.1 Å². The van der Waals surface area contributed by atoms with Gasteiger partial charge in [0.1, 0.15) is 11.6 Å². The van der Waals surface area contributed by atoms with Gasteiger partial charge in [0.25, 0.3) is 0 Å². The molecule has 1 N–H and O–H groups in total. The maximum absolute atomic E-state index is 13.9. The van der Waals surface area contributed by atoms with Crippen LogP contribution in [0.15, 0.2) is 18.2 Å². The van der Waals surface area contributed by atoms with E-state index >= 15 is 0 Å². The highest BCUT2D eigenvalue weighted by atomic mass is 19.1. The Morgan fingerprint density at radius 1 is 1.24 bits per heavy atom. The number of hydrogen-bond donors (Lipinski definition) is 1. The lowest BCUT2D eigenvalue weighted by atomic mass is 9.69. The average Bonchev–Trinajstić information content (AvgIpc) is 2.74. The van der Waals surface area contributed by atoms with Crippen molar-refractivity contribution in [2.24, 2.45) is 16.7 Å². The molecule has 2 aliphatic carbocycles. The van der Waals surface area contributed by atoms with Crippen molar-refractivity contribution in [2.75, 3.05) is 0 Å². The van der Waals surface area contributed by atoms with Gasteiger partial charge < -0.3 is 5.32 Å². The Balaban J connectivity index is 1.80. The molecule has 2 saturated carbocycles. The molecule has 0 saturated heterocycles. The quantitative estimate of drug-likeness (QED) is 0.841. The summed E-state index contributed by atoms with van der Waals surface area (Å²) in [6.07, 6.45) is 3.66. The maximum Gasteiger partial charge on any atom is 0.128 e. The van der Waals surface area contributed by atoms with Crippen molar-refractivity contribution in [3.05, 3.63) is 35.4 Å². The molecule has 3 heteroatoms. The molecule has 3 rings (SSSR count). The summed E-state index contributed by atoms with van der Waals surface area (Å²) in [6.45, 7) is 9.01. The van der Waals surface area contributed by atoms with E-state index in [1.165, 1.54) is 31.0 Å². The number of fused-ring (bicyclic) bond motifs is 2. The lowest BCUT2D eigenvalue weighted by Crippen LogP contribution is -2.45. The van der Waals surface area contributed by atoms with E-state index in [0.29, 0.717) is 17.0 Å². The minimum absolute atomic E-state index is 0.169. The van der Waals surface area contributed by atoms with E-state index in [9.17, 15) is 8.78 Å². The highest BCUT2D eigenvalue weighted by Crippen LogP contribution is 2.65. The molecule has 4 unspecified atom stereocenters. The number of benzene rings is 1. The molecule has 0 aliphatic heterocycles. The van der Waals surface area contributed by atoms with E-state index in [0.717, 1.165) is 12.3 Å². The fourth-order valence-electron chi connectivity index (χ4n) is 4.69.